The second-order valence-electron chi connectivity index (χ2n) is 4.59. The highest BCUT2D eigenvalue weighted by Crippen LogP contribution is 2.15. The molecule has 0 amide bonds. The molecule has 0 saturated heterocycles. The summed E-state index contributed by atoms with van der Waals surface area (Å²) in [6, 6.07) is 2.40. The smallest absolute Gasteiger partial charge is 0.323 e. The van der Waals surface area contributed by atoms with E-state index < -0.39 is 0 Å². The first kappa shape index (κ1) is 15.2. The second-order valence-corrected chi connectivity index (χ2v) is 4.59. The lowest BCUT2D eigenvalue weighted by atomic mass is 10.3. The Morgan fingerprint density at radius 3 is 2.57 bits per heavy atom. The molecule has 2 aromatic rings. The summed E-state index contributed by atoms with van der Waals surface area (Å²) >= 11 is 0. The van der Waals surface area contributed by atoms with Crippen LogP contribution in [-0.4, -0.2) is 38.4 Å². The first-order valence-electron chi connectivity index (χ1n) is 7.36. The molecular weight excluding hydrogens is 268 g/mol. The Morgan fingerprint density at radius 2 is 1.95 bits per heavy atom. The van der Waals surface area contributed by atoms with E-state index in [-0.39, 0.29) is 0 Å². The maximum absolute atomic E-state index is 5.52. The van der Waals surface area contributed by atoms with E-state index in [0.29, 0.717) is 24.5 Å². The summed E-state index contributed by atoms with van der Waals surface area (Å²) in [7, 11) is 1.77. The summed E-state index contributed by atoms with van der Waals surface area (Å²) in [5, 5.41) is 7.48. The van der Waals surface area contributed by atoms with Gasteiger partial charge in [0.15, 0.2) is 0 Å². The molecule has 0 fully saturated rings. The van der Waals surface area contributed by atoms with Crippen LogP contribution in [0, 0.1) is 0 Å². The summed E-state index contributed by atoms with van der Waals surface area (Å²) in [4.78, 5) is 12.9. The molecule has 0 aromatic carbocycles. The number of aromatic nitrogens is 5. The maximum atomic E-state index is 5.52. The molecular formula is C14H22N6O. The first-order chi connectivity index (χ1) is 10.2. The lowest BCUT2D eigenvalue weighted by Gasteiger charge is -2.08. The number of nitrogens with one attached hydrogen (secondary N) is 1. The van der Waals surface area contributed by atoms with E-state index in [2.05, 4.69) is 45.3 Å². The Kier molecular flexibility index (Phi) is 5.08. The summed E-state index contributed by atoms with van der Waals surface area (Å²) < 4.78 is 7.29. The fourth-order valence-corrected chi connectivity index (χ4v) is 1.88. The van der Waals surface area contributed by atoms with Gasteiger partial charge in [-0.05, 0) is 25.3 Å². The van der Waals surface area contributed by atoms with Gasteiger partial charge in [0.25, 0.3) is 5.95 Å². The largest absolute Gasteiger partial charge is 0.463 e. The molecule has 114 valence electrons. The SMILES string of the molecule is CCCOc1nc(NC)nc(-n2nc(CC)cc2CC)n1. The molecule has 7 heteroatoms. The molecule has 0 radical (unpaired) electrons. The summed E-state index contributed by atoms with van der Waals surface area (Å²) in [5.41, 5.74) is 2.09. The zero-order chi connectivity index (χ0) is 15.2. The fourth-order valence-electron chi connectivity index (χ4n) is 1.88. The van der Waals surface area contributed by atoms with Crippen molar-refractivity contribution in [3.63, 3.8) is 0 Å². The van der Waals surface area contributed by atoms with Crippen LogP contribution in [0.4, 0.5) is 5.95 Å². The molecule has 21 heavy (non-hydrogen) atoms. The molecule has 2 aromatic heterocycles. The third kappa shape index (κ3) is 3.48. The molecule has 2 heterocycles. The van der Waals surface area contributed by atoms with E-state index >= 15 is 0 Å². The zero-order valence-electron chi connectivity index (χ0n) is 13.1. The van der Waals surface area contributed by atoms with Crippen LogP contribution in [0.3, 0.4) is 0 Å². The number of ether oxygens (including phenoxy) is 1. The molecule has 2 rings (SSSR count). The van der Waals surface area contributed by atoms with Crippen LogP contribution >= 0.6 is 0 Å². The molecule has 0 saturated carbocycles. The summed E-state index contributed by atoms with van der Waals surface area (Å²) in [6.07, 6.45) is 2.64. The van der Waals surface area contributed by atoms with Crippen molar-refractivity contribution in [1.29, 1.82) is 0 Å². The number of hydrogen-bond acceptors (Lipinski definition) is 6. The van der Waals surface area contributed by atoms with Crippen LogP contribution in [0.15, 0.2) is 6.07 Å². The summed E-state index contributed by atoms with van der Waals surface area (Å²) in [6.45, 7) is 6.78. The monoisotopic (exact) mass is 290 g/mol. The number of aryl methyl sites for hydroxylation is 2. The third-order valence-electron chi connectivity index (χ3n) is 3.01. The van der Waals surface area contributed by atoms with Crippen LogP contribution in [0.5, 0.6) is 6.01 Å². The van der Waals surface area contributed by atoms with Crippen molar-refractivity contribution in [2.24, 2.45) is 0 Å². The van der Waals surface area contributed by atoms with Gasteiger partial charge in [-0.3, -0.25) is 0 Å². The fraction of sp³-hybridized carbons (Fsp3) is 0.571. The van der Waals surface area contributed by atoms with Crippen molar-refractivity contribution in [1.82, 2.24) is 24.7 Å². The van der Waals surface area contributed by atoms with Crippen molar-refractivity contribution in [3.8, 4) is 12.0 Å². The third-order valence-corrected chi connectivity index (χ3v) is 3.01. The van der Waals surface area contributed by atoms with Gasteiger partial charge in [-0.25, -0.2) is 4.68 Å². The van der Waals surface area contributed by atoms with Crippen LogP contribution < -0.4 is 10.1 Å². The highest BCUT2D eigenvalue weighted by molar-refractivity contribution is 5.31. The molecule has 7 nitrogen and oxygen atoms in total. The van der Waals surface area contributed by atoms with Crippen molar-refractivity contribution >= 4 is 5.95 Å². The highest BCUT2D eigenvalue weighted by atomic mass is 16.5. The number of nitrogens with zero attached hydrogens (tertiary/aromatic N) is 5. The predicted molar refractivity (Wildman–Crippen MR) is 81.0 cm³/mol. The Hall–Kier alpha value is -2.18. The van der Waals surface area contributed by atoms with Gasteiger partial charge in [-0.15, -0.1) is 0 Å². The molecule has 0 atom stereocenters. The maximum Gasteiger partial charge on any atom is 0.323 e. The average Bonchev–Trinajstić information content (AvgIpc) is 2.96. The molecule has 0 bridgehead atoms. The van der Waals surface area contributed by atoms with Crippen LogP contribution in [0.1, 0.15) is 38.6 Å². The van der Waals surface area contributed by atoms with Crippen molar-refractivity contribution in [2.45, 2.75) is 40.0 Å². The van der Waals surface area contributed by atoms with Crippen LogP contribution in [0.2, 0.25) is 0 Å². The van der Waals surface area contributed by atoms with Crippen molar-refractivity contribution in [2.75, 3.05) is 19.0 Å². The standard InChI is InChI=1S/C14H22N6O/c1-5-8-21-14-17-12(15-4)16-13(18-14)20-11(7-3)9-10(6-2)19-20/h9H,5-8H2,1-4H3,(H,15,16,17,18). The van der Waals surface area contributed by atoms with Gasteiger partial charge in [0.2, 0.25) is 5.95 Å². The Balaban J connectivity index is 2.44. The minimum Gasteiger partial charge on any atom is -0.463 e. The van der Waals surface area contributed by atoms with Gasteiger partial charge < -0.3 is 10.1 Å². The minimum absolute atomic E-state index is 0.321. The Bertz CT molecular complexity index is 595. The lowest BCUT2D eigenvalue weighted by molar-refractivity contribution is 0.291. The van der Waals surface area contributed by atoms with E-state index in [0.717, 1.165) is 30.7 Å². The van der Waals surface area contributed by atoms with Gasteiger partial charge in [0.05, 0.1) is 12.3 Å². The molecule has 0 unspecified atom stereocenters. The summed E-state index contributed by atoms with van der Waals surface area (Å²) in [5.74, 6) is 0.957. The predicted octanol–water partition coefficient (Wildman–Crippen LogP) is 2.01. The molecule has 0 spiro atoms. The van der Waals surface area contributed by atoms with Gasteiger partial charge in [-0.1, -0.05) is 20.8 Å². The van der Waals surface area contributed by atoms with Gasteiger partial charge in [0, 0.05) is 12.7 Å². The highest BCUT2D eigenvalue weighted by Gasteiger charge is 2.13. The average molecular weight is 290 g/mol. The topological polar surface area (TPSA) is 77.8 Å². The zero-order valence-corrected chi connectivity index (χ0v) is 13.1. The quantitative estimate of drug-likeness (QED) is 0.840. The van der Waals surface area contributed by atoms with Crippen molar-refractivity contribution in [3.05, 3.63) is 17.5 Å². The van der Waals surface area contributed by atoms with E-state index in [9.17, 15) is 0 Å². The van der Waals surface area contributed by atoms with Gasteiger partial charge >= 0.3 is 6.01 Å². The minimum atomic E-state index is 0.321. The van der Waals surface area contributed by atoms with Crippen LogP contribution in [-0.2, 0) is 12.8 Å². The first-order valence-corrected chi connectivity index (χ1v) is 7.36. The number of anilines is 1. The molecule has 0 aliphatic rings. The second kappa shape index (κ2) is 7.01. The molecule has 1 N–H and O–H groups in total. The number of rotatable bonds is 7. The van der Waals surface area contributed by atoms with E-state index in [1.54, 1.807) is 11.7 Å². The normalized spacial score (nSPS) is 10.7. The number of hydrogen-bond donors (Lipinski definition) is 1. The van der Waals surface area contributed by atoms with E-state index in [1.807, 2.05) is 6.92 Å². The van der Waals surface area contributed by atoms with E-state index in [1.165, 1.54) is 0 Å². The molecule has 0 aliphatic heterocycles. The van der Waals surface area contributed by atoms with Gasteiger partial charge in [0.1, 0.15) is 0 Å². The van der Waals surface area contributed by atoms with Gasteiger partial charge in [-0.2, -0.15) is 20.1 Å². The Labute approximate surface area is 124 Å². The van der Waals surface area contributed by atoms with Crippen molar-refractivity contribution < 1.29 is 4.74 Å². The lowest BCUT2D eigenvalue weighted by Crippen LogP contribution is -2.12. The molecule has 0 aliphatic carbocycles. The Morgan fingerprint density at radius 1 is 1.14 bits per heavy atom. The van der Waals surface area contributed by atoms with E-state index in [4.69, 9.17) is 4.74 Å². The van der Waals surface area contributed by atoms with Crippen LogP contribution in [0.25, 0.3) is 5.95 Å².